The molecule has 0 saturated carbocycles. The second-order valence-corrected chi connectivity index (χ2v) is 7.51. The van der Waals surface area contributed by atoms with E-state index in [2.05, 4.69) is 40.1 Å². The number of carbonyl (C=O) groups excluding carboxylic acids is 1. The van der Waals surface area contributed by atoms with E-state index in [9.17, 15) is 4.79 Å². The van der Waals surface area contributed by atoms with Crippen LogP contribution in [0.4, 0.5) is 16.3 Å². The van der Waals surface area contributed by atoms with Crippen LogP contribution in [0.3, 0.4) is 0 Å². The Kier molecular flexibility index (Phi) is 5.76. The first-order chi connectivity index (χ1) is 14.2. The summed E-state index contributed by atoms with van der Waals surface area (Å²) >= 11 is 4.48. The van der Waals surface area contributed by atoms with Gasteiger partial charge >= 0.3 is 6.03 Å². The van der Waals surface area contributed by atoms with Gasteiger partial charge in [-0.05, 0) is 48.6 Å². The Balaban J connectivity index is 1.37. The average Bonchev–Trinajstić information content (AvgIpc) is 2.79. The minimum absolute atomic E-state index is 0.0720. The van der Waals surface area contributed by atoms with E-state index in [1.807, 2.05) is 48.7 Å². The number of hydrogen-bond donors (Lipinski definition) is 2. The third-order valence-electron chi connectivity index (χ3n) is 5.31. The standard InChI is InChI=1S/C22H24N4O2S/c1-28-19-8-6-17(7-9-19)24-22(27)26(29)18-11-14-25(15-12-18)21-20-5-3-2-4-16(20)10-13-23-21/h2-10,13,18,29H,11-12,14-15H2,1H3,(H,24,27). The van der Waals surface area contributed by atoms with Crippen molar-refractivity contribution in [3.63, 3.8) is 0 Å². The van der Waals surface area contributed by atoms with E-state index < -0.39 is 0 Å². The van der Waals surface area contributed by atoms with E-state index in [0.717, 1.165) is 42.9 Å². The lowest BCUT2D eigenvalue weighted by Gasteiger charge is -2.36. The molecule has 4 rings (SSSR count). The number of piperidine rings is 1. The average molecular weight is 409 g/mol. The van der Waals surface area contributed by atoms with Crippen LogP contribution in [-0.2, 0) is 0 Å². The Hall–Kier alpha value is -2.93. The van der Waals surface area contributed by atoms with E-state index in [1.165, 1.54) is 9.69 Å². The first kappa shape index (κ1) is 19.4. The molecule has 0 bridgehead atoms. The summed E-state index contributed by atoms with van der Waals surface area (Å²) in [4.78, 5) is 19.5. The maximum Gasteiger partial charge on any atom is 0.331 e. The van der Waals surface area contributed by atoms with Gasteiger partial charge in [0.25, 0.3) is 0 Å². The molecule has 0 radical (unpaired) electrons. The fraction of sp³-hybridized carbons (Fsp3) is 0.273. The largest absolute Gasteiger partial charge is 0.497 e. The molecule has 7 heteroatoms. The van der Waals surface area contributed by atoms with Crippen molar-refractivity contribution < 1.29 is 9.53 Å². The highest BCUT2D eigenvalue weighted by molar-refractivity contribution is 7.78. The molecule has 150 valence electrons. The summed E-state index contributed by atoms with van der Waals surface area (Å²) in [6.45, 7) is 1.66. The molecular weight excluding hydrogens is 384 g/mol. The predicted octanol–water partition coefficient (Wildman–Crippen LogP) is 4.59. The summed E-state index contributed by atoms with van der Waals surface area (Å²) in [5.74, 6) is 1.76. The minimum atomic E-state index is -0.222. The van der Waals surface area contributed by atoms with Gasteiger partial charge in [-0.2, -0.15) is 0 Å². The van der Waals surface area contributed by atoms with E-state index in [4.69, 9.17) is 4.74 Å². The highest BCUT2D eigenvalue weighted by Crippen LogP contribution is 2.28. The predicted molar refractivity (Wildman–Crippen MR) is 120 cm³/mol. The zero-order valence-electron chi connectivity index (χ0n) is 16.3. The van der Waals surface area contributed by atoms with Crippen LogP contribution in [-0.4, -0.2) is 41.6 Å². The van der Waals surface area contributed by atoms with Crippen molar-refractivity contribution in [3.05, 3.63) is 60.8 Å². The van der Waals surface area contributed by atoms with Crippen LogP contribution in [0.1, 0.15) is 12.8 Å². The molecule has 6 nitrogen and oxygen atoms in total. The first-order valence-electron chi connectivity index (χ1n) is 9.67. The molecule has 1 aliphatic rings. The number of benzene rings is 2. The molecule has 0 spiro atoms. The Morgan fingerprint density at radius 2 is 1.86 bits per heavy atom. The van der Waals surface area contributed by atoms with Crippen LogP contribution in [0.15, 0.2) is 60.8 Å². The highest BCUT2D eigenvalue weighted by Gasteiger charge is 2.27. The maximum absolute atomic E-state index is 12.6. The van der Waals surface area contributed by atoms with E-state index in [-0.39, 0.29) is 12.1 Å². The van der Waals surface area contributed by atoms with Gasteiger partial charge in [0.1, 0.15) is 11.6 Å². The van der Waals surface area contributed by atoms with Crippen LogP contribution in [0.25, 0.3) is 10.8 Å². The second-order valence-electron chi connectivity index (χ2n) is 7.08. The molecule has 2 aromatic carbocycles. The fourth-order valence-corrected chi connectivity index (χ4v) is 3.98. The van der Waals surface area contributed by atoms with Gasteiger partial charge in [0.2, 0.25) is 0 Å². The monoisotopic (exact) mass is 408 g/mol. The van der Waals surface area contributed by atoms with Crippen molar-refractivity contribution in [3.8, 4) is 5.75 Å². The number of nitrogens with zero attached hydrogens (tertiary/aromatic N) is 3. The van der Waals surface area contributed by atoms with Crippen LogP contribution < -0.4 is 15.0 Å². The van der Waals surface area contributed by atoms with Crippen LogP contribution in [0.5, 0.6) is 5.75 Å². The number of anilines is 2. The zero-order chi connectivity index (χ0) is 20.2. The van der Waals surface area contributed by atoms with Crippen LogP contribution in [0, 0.1) is 0 Å². The van der Waals surface area contributed by atoms with Gasteiger partial charge in [0, 0.05) is 36.4 Å². The fourth-order valence-electron chi connectivity index (χ4n) is 3.70. The summed E-state index contributed by atoms with van der Waals surface area (Å²) < 4.78 is 6.65. The summed E-state index contributed by atoms with van der Waals surface area (Å²) in [5.41, 5.74) is 0.715. The molecule has 2 heterocycles. The number of thiol groups is 1. The molecule has 1 aromatic heterocycles. The van der Waals surface area contributed by atoms with Crippen molar-refractivity contribution >= 4 is 41.1 Å². The number of pyridine rings is 1. The molecule has 0 unspecified atom stereocenters. The van der Waals surface area contributed by atoms with Gasteiger partial charge in [-0.3, -0.25) is 4.31 Å². The number of hydrogen-bond acceptors (Lipinski definition) is 5. The topological polar surface area (TPSA) is 57.7 Å². The van der Waals surface area contributed by atoms with Crippen LogP contribution >= 0.6 is 12.8 Å². The molecule has 2 amide bonds. The first-order valence-corrected chi connectivity index (χ1v) is 10.1. The lowest BCUT2D eigenvalue weighted by atomic mass is 10.0. The number of urea groups is 1. The van der Waals surface area contributed by atoms with E-state index in [1.54, 1.807) is 7.11 Å². The molecule has 29 heavy (non-hydrogen) atoms. The molecule has 3 aromatic rings. The normalized spacial score (nSPS) is 14.6. The number of carbonyl (C=O) groups is 1. The third kappa shape index (κ3) is 4.24. The zero-order valence-corrected chi connectivity index (χ0v) is 17.2. The SMILES string of the molecule is COc1ccc(NC(=O)N(S)C2CCN(c3nccc4ccccc34)CC2)cc1. The van der Waals surface area contributed by atoms with Crippen molar-refractivity contribution in [1.29, 1.82) is 0 Å². The summed E-state index contributed by atoms with van der Waals surface area (Å²) in [6.07, 6.45) is 3.53. The summed E-state index contributed by atoms with van der Waals surface area (Å²) in [5, 5.41) is 5.24. The Morgan fingerprint density at radius 3 is 2.59 bits per heavy atom. The van der Waals surface area contributed by atoms with Gasteiger partial charge in [0.15, 0.2) is 0 Å². The van der Waals surface area contributed by atoms with Gasteiger partial charge in [0.05, 0.1) is 7.11 Å². The third-order valence-corrected chi connectivity index (χ3v) is 5.82. The number of rotatable bonds is 4. The van der Waals surface area contributed by atoms with Gasteiger partial charge < -0.3 is 15.0 Å². The number of fused-ring (bicyclic) bond motifs is 1. The second kappa shape index (κ2) is 8.61. The summed E-state index contributed by atoms with van der Waals surface area (Å²) in [7, 11) is 1.61. The Labute approximate surface area is 176 Å². The maximum atomic E-state index is 12.6. The number of aromatic nitrogens is 1. The molecule has 1 fully saturated rings. The van der Waals surface area contributed by atoms with Crippen molar-refractivity contribution in [2.75, 3.05) is 30.4 Å². The Morgan fingerprint density at radius 1 is 1.14 bits per heavy atom. The summed E-state index contributed by atoms with van der Waals surface area (Å²) in [6, 6.07) is 17.4. The number of methoxy groups -OCH3 is 1. The van der Waals surface area contributed by atoms with Crippen molar-refractivity contribution in [2.45, 2.75) is 18.9 Å². The van der Waals surface area contributed by atoms with E-state index in [0.29, 0.717) is 5.69 Å². The van der Waals surface area contributed by atoms with Crippen LogP contribution in [0.2, 0.25) is 0 Å². The highest BCUT2D eigenvalue weighted by atomic mass is 32.1. The molecule has 0 aliphatic carbocycles. The quantitative estimate of drug-likeness (QED) is 0.620. The number of ether oxygens (including phenoxy) is 1. The van der Waals surface area contributed by atoms with E-state index >= 15 is 0 Å². The number of amides is 2. The lowest BCUT2D eigenvalue weighted by Crippen LogP contribution is -2.45. The molecule has 0 atom stereocenters. The smallest absolute Gasteiger partial charge is 0.331 e. The minimum Gasteiger partial charge on any atom is -0.497 e. The molecule has 1 aliphatic heterocycles. The van der Waals surface area contributed by atoms with Gasteiger partial charge in [-0.1, -0.05) is 37.1 Å². The lowest BCUT2D eigenvalue weighted by molar-refractivity contribution is 0.223. The van der Waals surface area contributed by atoms with Gasteiger partial charge in [-0.25, -0.2) is 9.78 Å². The molecule has 1 N–H and O–H groups in total. The Bertz CT molecular complexity index is 982. The van der Waals surface area contributed by atoms with Crippen molar-refractivity contribution in [2.24, 2.45) is 0 Å². The van der Waals surface area contributed by atoms with Crippen molar-refractivity contribution in [1.82, 2.24) is 9.29 Å². The van der Waals surface area contributed by atoms with Gasteiger partial charge in [-0.15, -0.1) is 0 Å². The number of nitrogens with one attached hydrogen (secondary N) is 1. The molecule has 1 saturated heterocycles. The molecular formula is C22H24N4O2S.